The van der Waals surface area contributed by atoms with Crippen molar-refractivity contribution in [1.82, 2.24) is 9.03 Å². The molecule has 0 aromatic carbocycles. The van der Waals surface area contributed by atoms with Crippen molar-refractivity contribution in [3.05, 3.63) is 0 Å². The van der Waals surface area contributed by atoms with Crippen LogP contribution in [0.25, 0.3) is 0 Å². The average Bonchev–Trinajstić information content (AvgIpc) is 2.46. The van der Waals surface area contributed by atoms with Gasteiger partial charge in [0.2, 0.25) is 0 Å². The summed E-state index contributed by atoms with van der Waals surface area (Å²) in [6, 6.07) is 0. The number of piperidine rings is 1. The van der Waals surface area contributed by atoms with Crippen LogP contribution >= 0.6 is 11.8 Å². The highest BCUT2D eigenvalue weighted by Gasteiger charge is 2.28. The topological polar surface area (TPSA) is 69.6 Å². The molecule has 0 aromatic heterocycles. The highest BCUT2D eigenvalue weighted by atomic mass is 32.2. The second-order valence-corrected chi connectivity index (χ2v) is 8.41. The van der Waals surface area contributed by atoms with E-state index < -0.39 is 10.2 Å². The van der Waals surface area contributed by atoms with Gasteiger partial charge in [-0.1, -0.05) is 0 Å². The Kier molecular flexibility index (Phi) is 5.95. The monoisotopic (exact) mass is 308 g/mol. The predicted octanol–water partition coefficient (Wildman–Crippen LogP) is 0.668. The summed E-state index contributed by atoms with van der Waals surface area (Å²) >= 11 is 1.95. The zero-order valence-corrected chi connectivity index (χ0v) is 12.9. The van der Waals surface area contributed by atoms with Gasteiger partial charge in [-0.3, -0.25) is 0 Å². The molecule has 0 unspecified atom stereocenters. The lowest BCUT2D eigenvalue weighted by molar-refractivity contribution is 0.169. The van der Waals surface area contributed by atoms with Crippen molar-refractivity contribution in [2.75, 3.05) is 37.7 Å². The van der Waals surface area contributed by atoms with E-state index >= 15 is 0 Å². The Morgan fingerprint density at radius 1 is 1.11 bits per heavy atom. The van der Waals surface area contributed by atoms with Gasteiger partial charge in [-0.2, -0.15) is 24.5 Å². The molecule has 19 heavy (non-hydrogen) atoms. The minimum absolute atomic E-state index is 0.168. The minimum Gasteiger partial charge on any atom is -0.396 e. The first-order valence-electron chi connectivity index (χ1n) is 7.05. The summed E-state index contributed by atoms with van der Waals surface area (Å²) in [7, 11) is -3.32. The van der Waals surface area contributed by atoms with Crippen LogP contribution < -0.4 is 4.72 Å². The molecular weight excluding hydrogens is 284 g/mol. The molecule has 0 radical (unpaired) electrons. The second-order valence-electron chi connectivity index (χ2n) is 5.43. The van der Waals surface area contributed by atoms with Crippen molar-refractivity contribution in [1.29, 1.82) is 0 Å². The summed E-state index contributed by atoms with van der Waals surface area (Å²) in [5.41, 5.74) is 0. The molecule has 0 atom stereocenters. The SMILES string of the molecule is O=S(=O)(NCC1CCSCC1)N1CCC(CO)CC1. The van der Waals surface area contributed by atoms with Crippen LogP contribution in [-0.2, 0) is 10.2 Å². The molecule has 2 aliphatic heterocycles. The Bertz CT molecular complexity index is 361. The first kappa shape index (κ1) is 15.6. The lowest BCUT2D eigenvalue weighted by Crippen LogP contribution is -2.46. The van der Waals surface area contributed by atoms with E-state index in [1.54, 1.807) is 0 Å². The van der Waals surface area contributed by atoms with Crippen molar-refractivity contribution in [2.24, 2.45) is 11.8 Å². The maximum absolute atomic E-state index is 12.2. The fourth-order valence-electron chi connectivity index (χ4n) is 2.60. The first-order valence-corrected chi connectivity index (χ1v) is 9.64. The van der Waals surface area contributed by atoms with Crippen LogP contribution in [0.5, 0.6) is 0 Å². The highest BCUT2D eigenvalue weighted by Crippen LogP contribution is 2.23. The van der Waals surface area contributed by atoms with Gasteiger partial charge in [0.05, 0.1) is 0 Å². The molecule has 0 amide bonds. The van der Waals surface area contributed by atoms with Gasteiger partial charge in [0.15, 0.2) is 0 Å². The number of hydrogen-bond acceptors (Lipinski definition) is 4. The number of thioether (sulfide) groups is 1. The molecule has 0 spiro atoms. The predicted molar refractivity (Wildman–Crippen MR) is 78.4 cm³/mol. The second kappa shape index (κ2) is 7.26. The van der Waals surface area contributed by atoms with Crippen molar-refractivity contribution in [3.8, 4) is 0 Å². The number of hydrogen-bond donors (Lipinski definition) is 2. The molecule has 0 bridgehead atoms. The van der Waals surface area contributed by atoms with Gasteiger partial charge < -0.3 is 5.11 Å². The van der Waals surface area contributed by atoms with Crippen LogP contribution in [0.15, 0.2) is 0 Å². The van der Waals surface area contributed by atoms with Crippen LogP contribution in [0.3, 0.4) is 0 Å². The summed E-state index contributed by atoms with van der Waals surface area (Å²) in [5, 5.41) is 9.07. The van der Waals surface area contributed by atoms with Gasteiger partial charge >= 0.3 is 0 Å². The Labute approximate surface area is 120 Å². The van der Waals surface area contributed by atoms with Gasteiger partial charge in [0.1, 0.15) is 0 Å². The van der Waals surface area contributed by atoms with Crippen LogP contribution in [0.1, 0.15) is 25.7 Å². The number of nitrogens with one attached hydrogen (secondary N) is 1. The van der Waals surface area contributed by atoms with Crippen molar-refractivity contribution in [3.63, 3.8) is 0 Å². The maximum atomic E-state index is 12.2. The van der Waals surface area contributed by atoms with Crippen molar-refractivity contribution in [2.45, 2.75) is 25.7 Å². The standard InChI is InChI=1S/C12H24N2O3S2/c15-10-12-1-5-14(6-2-12)19(16,17)13-9-11-3-7-18-8-4-11/h11-13,15H,1-10H2. The van der Waals surface area contributed by atoms with Gasteiger partial charge in [-0.25, -0.2) is 4.72 Å². The third-order valence-corrected chi connectivity index (χ3v) is 6.69. The summed E-state index contributed by atoms with van der Waals surface area (Å²) in [4.78, 5) is 0. The van der Waals surface area contributed by atoms with Gasteiger partial charge in [0, 0.05) is 26.2 Å². The largest absolute Gasteiger partial charge is 0.396 e. The number of aliphatic hydroxyl groups is 1. The number of nitrogens with zero attached hydrogens (tertiary/aromatic N) is 1. The van der Waals surface area contributed by atoms with E-state index in [0.717, 1.165) is 37.2 Å². The smallest absolute Gasteiger partial charge is 0.279 e. The molecule has 0 aliphatic carbocycles. The number of rotatable bonds is 5. The van der Waals surface area contributed by atoms with E-state index in [9.17, 15) is 8.42 Å². The molecule has 2 fully saturated rings. The third-order valence-electron chi connectivity index (χ3n) is 4.07. The van der Waals surface area contributed by atoms with Crippen molar-refractivity contribution >= 4 is 22.0 Å². The lowest BCUT2D eigenvalue weighted by Gasteiger charge is -2.31. The Balaban J connectivity index is 1.78. The third kappa shape index (κ3) is 4.60. The maximum Gasteiger partial charge on any atom is 0.279 e. The Hall–Kier alpha value is 0.180. The molecule has 2 aliphatic rings. The molecule has 0 saturated carbocycles. The fraction of sp³-hybridized carbons (Fsp3) is 1.00. The van der Waals surface area contributed by atoms with E-state index in [2.05, 4.69) is 4.72 Å². The molecule has 2 saturated heterocycles. The summed E-state index contributed by atoms with van der Waals surface area (Å²) in [6.45, 7) is 1.80. The average molecular weight is 308 g/mol. The van der Waals surface area contributed by atoms with Gasteiger partial charge in [0.25, 0.3) is 10.2 Å². The van der Waals surface area contributed by atoms with E-state index in [-0.39, 0.29) is 12.5 Å². The molecule has 5 nitrogen and oxygen atoms in total. The van der Waals surface area contributed by atoms with E-state index in [1.165, 1.54) is 4.31 Å². The summed E-state index contributed by atoms with van der Waals surface area (Å²) in [6.07, 6.45) is 3.74. The Morgan fingerprint density at radius 3 is 2.32 bits per heavy atom. The zero-order valence-electron chi connectivity index (χ0n) is 11.3. The van der Waals surface area contributed by atoms with Crippen LogP contribution in [-0.4, -0.2) is 55.6 Å². The molecule has 112 valence electrons. The number of aliphatic hydroxyl groups excluding tert-OH is 1. The van der Waals surface area contributed by atoms with Crippen LogP contribution in [0.2, 0.25) is 0 Å². The summed E-state index contributed by atoms with van der Waals surface area (Å²) < 4.78 is 28.6. The van der Waals surface area contributed by atoms with Gasteiger partial charge in [-0.15, -0.1) is 0 Å². The molecule has 0 aromatic rings. The lowest BCUT2D eigenvalue weighted by atomic mass is 10.00. The van der Waals surface area contributed by atoms with E-state index in [0.29, 0.717) is 25.6 Å². The quantitative estimate of drug-likeness (QED) is 0.783. The zero-order chi connectivity index (χ0) is 13.7. The van der Waals surface area contributed by atoms with Gasteiger partial charge in [-0.05, 0) is 49.0 Å². The molecular formula is C12H24N2O3S2. The van der Waals surface area contributed by atoms with E-state index in [4.69, 9.17) is 5.11 Å². The summed E-state index contributed by atoms with van der Waals surface area (Å²) in [5.74, 6) is 3.05. The Morgan fingerprint density at radius 2 is 1.74 bits per heavy atom. The molecule has 2 heterocycles. The highest BCUT2D eigenvalue weighted by molar-refractivity contribution is 7.99. The van der Waals surface area contributed by atoms with Crippen LogP contribution in [0.4, 0.5) is 0 Å². The van der Waals surface area contributed by atoms with Crippen LogP contribution in [0, 0.1) is 11.8 Å². The fourth-order valence-corrected chi connectivity index (χ4v) is 5.12. The van der Waals surface area contributed by atoms with E-state index in [1.807, 2.05) is 11.8 Å². The minimum atomic E-state index is -3.32. The molecule has 2 rings (SSSR count). The first-order chi connectivity index (χ1) is 9.12. The molecule has 7 heteroatoms. The molecule has 2 N–H and O–H groups in total. The van der Waals surface area contributed by atoms with Crippen molar-refractivity contribution < 1.29 is 13.5 Å². The normalized spacial score (nSPS) is 24.7.